The molecule has 5 aromatic rings. The first-order chi connectivity index (χ1) is 16.3. The molecule has 0 saturated heterocycles. The van der Waals surface area contributed by atoms with Crippen molar-refractivity contribution in [3.05, 3.63) is 105 Å². The average molecular weight is 492 g/mol. The summed E-state index contributed by atoms with van der Waals surface area (Å²) in [5, 5.41) is 0.631. The Morgan fingerprint density at radius 3 is 2.47 bits per heavy atom. The van der Waals surface area contributed by atoms with E-state index in [1.54, 1.807) is 47.2 Å². The highest BCUT2D eigenvalue weighted by atomic mass is 35.5. The standard InChI is InChI=1S/C25H19ClN4O3S/c1-16-8-7-13-29-23(16)28-24-19(25(29)31)14-21(34(32,33)18-10-3-2-4-11-18)22(27)30(24)15-17-9-5-6-12-20(17)26/h2-14,27H,15H2,1H3/p+1. The van der Waals surface area contributed by atoms with Crippen molar-refractivity contribution in [3.8, 4) is 0 Å². The molecule has 0 fully saturated rings. The minimum Gasteiger partial charge on any atom is -0.317 e. The van der Waals surface area contributed by atoms with Gasteiger partial charge < -0.3 is 5.73 Å². The van der Waals surface area contributed by atoms with Gasteiger partial charge in [-0.25, -0.2) is 13.0 Å². The molecule has 0 bridgehead atoms. The lowest BCUT2D eigenvalue weighted by Crippen LogP contribution is -2.42. The first-order valence-corrected chi connectivity index (χ1v) is 12.3. The Labute approximate surface area is 200 Å². The number of benzene rings is 2. The van der Waals surface area contributed by atoms with E-state index in [1.807, 2.05) is 25.1 Å². The fourth-order valence-corrected chi connectivity index (χ4v) is 5.61. The number of nitrogen functional groups attached to an aromatic ring is 1. The van der Waals surface area contributed by atoms with Crippen LogP contribution in [0.25, 0.3) is 16.7 Å². The highest BCUT2D eigenvalue weighted by Gasteiger charge is 2.29. The fourth-order valence-electron chi connectivity index (χ4n) is 3.98. The van der Waals surface area contributed by atoms with Gasteiger partial charge in [0, 0.05) is 22.3 Å². The number of nitrogens with zero attached hydrogens (tertiary/aromatic N) is 3. The lowest BCUT2D eigenvalue weighted by atomic mass is 10.2. The van der Waals surface area contributed by atoms with Crippen LogP contribution in [0.2, 0.25) is 5.02 Å². The molecular formula is C25H20ClN4O3S+. The predicted octanol–water partition coefficient (Wildman–Crippen LogP) is 3.56. The summed E-state index contributed by atoms with van der Waals surface area (Å²) >= 11 is 6.40. The van der Waals surface area contributed by atoms with Crippen LogP contribution in [0.15, 0.2) is 93.6 Å². The number of hydrogen-bond acceptors (Lipinski definition) is 5. The van der Waals surface area contributed by atoms with Crippen molar-refractivity contribution in [2.75, 3.05) is 5.73 Å². The molecule has 3 heterocycles. The molecule has 34 heavy (non-hydrogen) atoms. The summed E-state index contributed by atoms with van der Waals surface area (Å²) in [6, 6.07) is 20.1. The molecule has 0 atom stereocenters. The van der Waals surface area contributed by atoms with Gasteiger partial charge in [-0.15, -0.1) is 0 Å². The number of pyridine rings is 2. The molecule has 3 aromatic heterocycles. The van der Waals surface area contributed by atoms with Gasteiger partial charge in [0.25, 0.3) is 11.2 Å². The van der Waals surface area contributed by atoms with E-state index < -0.39 is 9.84 Å². The van der Waals surface area contributed by atoms with E-state index in [2.05, 4.69) is 0 Å². The van der Waals surface area contributed by atoms with E-state index in [0.29, 0.717) is 16.2 Å². The second kappa shape index (κ2) is 8.23. The number of nitrogens with two attached hydrogens (primary N) is 1. The van der Waals surface area contributed by atoms with Crippen molar-refractivity contribution in [3.63, 3.8) is 0 Å². The Morgan fingerprint density at radius 1 is 1.03 bits per heavy atom. The van der Waals surface area contributed by atoms with Crippen LogP contribution < -0.4 is 15.9 Å². The van der Waals surface area contributed by atoms with E-state index in [1.165, 1.54) is 22.6 Å². The summed E-state index contributed by atoms with van der Waals surface area (Å²) in [6.07, 6.45) is 1.61. The molecule has 0 spiro atoms. The minimum atomic E-state index is -4.02. The van der Waals surface area contributed by atoms with Gasteiger partial charge in [0.15, 0.2) is 0 Å². The zero-order chi connectivity index (χ0) is 24.0. The normalized spacial score (nSPS) is 11.8. The third-order valence-corrected chi connectivity index (χ3v) is 7.94. The van der Waals surface area contributed by atoms with Crippen LogP contribution >= 0.6 is 11.6 Å². The van der Waals surface area contributed by atoms with Gasteiger partial charge in [-0.3, -0.25) is 9.20 Å². The van der Waals surface area contributed by atoms with Crippen LogP contribution in [0.4, 0.5) is 5.82 Å². The molecule has 0 aliphatic carbocycles. The highest BCUT2D eigenvalue weighted by Crippen LogP contribution is 2.27. The van der Waals surface area contributed by atoms with Crippen LogP contribution in [0.5, 0.6) is 0 Å². The Bertz CT molecular complexity index is 1750. The monoisotopic (exact) mass is 491 g/mol. The van der Waals surface area contributed by atoms with E-state index in [9.17, 15) is 13.2 Å². The second-order valence-electron chi connectivity index (χ2n) is 7.93. The molecule has 0 amide bonds. The number of hydrogen-bond donors (Lipinski definition) is 1. The fraction of sp³-hybridized carbons (Fsp3) is 0.0800. The molecule has 0 aliphatic rings. The van der Waals surface area contributed by atoms with Crippen molar-refractivity contribution in [2.45, 2.75) is 23.3 Å². The Kier molecular flexibility index (Phi) is 5.34. The SMILES string of the molecule is Cc1cccn2c(=O)c3cc(S(=O)(=O)c4ccccc4)c(N)[n+](Cc4ccccc4Cl)c3nc12. The third-order valence-electron chi connectivity index (χ3n) is 5.77. The van der Waals surface area contributed by atoms with Crippen LogP contribution in [0.3, 0.4) is 0 Å². The Morgan fingerprint density at radius 2 is 1.74 bits per heavy atom. The predicted molar refractivity (Wildman–Crippen MR) is 131 cm³/mol. The average Bonchev–Trinajstić information content (AvgIpc) is 2.83. The number of aryl methyl sites for hydroxylation is 1. The topological polar surface area (TPSA) is 98.4 Å². The second-order valence-corrected chi connectivity index (χ2v) is 10.3. The smallest absolute Gasteiger partial charge is 0.278 e. The summed E-state index contributed by atoms with van der Waals surface area (Å²) in [5.74, 6) is -0.0268. The van der Waals surface area contributed by atoms with Gasteiger partial charge in [0.2, 0.25) is 21.3 Å². The zero-order valence-electron chi connectivity index (χ0n) is 18.1. The first kappa shape index (κ1) is 22.1. The van der Waals surface area contributed by atoms with E-state index in [4.69, 9.17) is 22.3 Å². The Balaban J connectivity index is 1.91. The van der Waals surface area contributed by atoms with Gasteiger partial charge >= 0.3 is 0 Å². The maximum absolute atomic E-state index is 13.6. The summed E-state index contributed by atoms with van der Waals surface area (Å²) in [6.45, 7) is 1.98. The molecule has 170 valence electrons. The lowest BCUT2D eigenvalue weighted by Gasteiger charge is -2.14. The molecule has 0 aliphatic heterocycles. The number of halogens is 1. The van der Waals surface area contributed by atoms with Gasteiger partial charge in [0.05, 0.1) is 11.4 Å². The molecule has 2 N–H and O–H groups in total. The molecule has 7 nitrogen and oxygen atoms in total. The first-order valence-electron chi connectivity index (χ1n) is 10.5. The summed E-state index contributed by atoms with van der Waals surface area (Å²) in [4.78, 5) is 18.1. The molecular weight excluding hydrogens is 472 g/mol. The molecule has 9 heteroatoms. The van der Waals surface area contributed by atoms with Gasteiger partial charge in [-0.2, -0.15) is 0 Å². The van der Waals surface area contributed by atoms with E-state index in [-0.39, 0.29) is 38.7 Å². The van der Waals surface area contributed by atoms with Crippen molar-refractivity contribution < 1.29 is 13.0 Å². The lowest BCUT2D eigenvalue weighted by molar-refractivity contribution is -0.651. The van der Waals surface area contributed by atoms with Gasteiger partial charge in [-0.05, 0) is 37.3 Å². The van der Waals surface area contributed by atoms with Crippen molar-refractivity contribution in [2.24, 2.45) is 0 Å². The molecule has 0 radical (unpaired) electrons. The summed E-state index contributed by atoms with van der Waals surface area (Å²) in [5.41, 5.74) is 8.36. The number of fused-ring (bicyclic) bond motifs is 2. The van der Waals surface area contributed by atoms with Crippen LogP contribution in [0, 0.1) is 6.92 Å². The van der Waals surface area contributed by atoms with Crippen LogP contribution in [-0.2, 0) is 16.4 Å². The summed E-state index contributed by atoms with van der Waals surface area (Å²) < 4.78 is 30.1. The van der Waals surface area contributed by atoms with E-state index >= 15 is 0 Å². The number of rotatable bonds is 4. The van der Waals surface area contributed by atoms with Gasteiger partial charge in [-0.1, -0.05) is 59.0 Å². The number of aromatic nitrogens is 3. The van der Waals surface area contributed by atoms with Crippen molar-refractivity contribution in [1.29, 1.82) is 0 Å². The minimum absolute atomic E-state index is 0.0268. The van der Waals surface area contributed by atoms with Crippen LogP contribution in [0.1, 0.15) is 11.1 Å². The number of sulfone groups is 1. The van der Waals surface area contributed by atoms with Crippen molar-refractivity contribution >= 4 is 43.9 Å². The van der Waals surface area contributed by atoms with E-state index in [0.717, 1.165) is 5.56 Å². The molecule has 2 aromatic carbocycles. The maximum Gasteiger partial charge on any atom is 0.278 e. The summed E-state index contributed by atoms with van der Waals surface area (Å²) in [7, 11) is -4.02. The van der Waals surface area contributed by atoms with Crippen molar-refractivity contribution in [1.82, 2.24) is 9.38 Å². The molecule has 0 saturated carbocycles. The Hall–Kier alpha value is -3.75. The third kappa shape index (κ3) is 3.52. The molecule has 5 rings (SSSR count). The maximum atomic E-state index is 13.6. The number of anilines is 1. The molecule has 0 unspecified atom stereocenters. The van der Waals surface area contributed by atoms with Crippen LogP contribution in [-0.4, -0.2) is 17.8 Å². The zero-order valence-corrected chi connectivity index (χ0v) is 19.7. The highest BCUT2D eigenvalue weighted by molar-refractivity contribution is 7.91. The quantitative estimate of drug-likeness (QED) is 0.306. The largest absolute Gasteiger partial charge is 0.317 e. The van der Waals surface area contributed by atoms with Gasteiger partial charge in [0.1, 0.15) is 10.3 Å².